The van der Waals surface area contributed by atoms with Gasteiger partial charge in [-0.3, -0.25) is 4.21 Å². The molecule has 0 saturated heterocycles. The van der Waals surface area contributed by atoms with E-state index in [9.17, 15) is 4.21 Å². The molecule has 5 nitrogen and oxygen atoms in total. The molecule has 0 saturated carbocycles. The van der Waals surface area contributed by atoms with Crippen LogP contribution in [0.2, 0.25) is 0 Å². The second-order valence-electron chi connectivity index (χ2n) is 4.42. The van der Waals surface area contributed by atoms with E-state index in [1.807, 2.05) is 32.2 Å². The molecule has 98 valence electrons. The van der Waals surface area contributed by atoms with Crippen LogP contribution in [0.5, 0.6) is 0 Å². The van der Waals surface area contributed by atoms with Gasteiger partial charge in [0.1, 0.15) is 0 Å². The first-order valence-corrected chi connectivity index (χ1v) is 7.58. The molecule has 0 fully saturated rings. The van der Waals surface area contributed by atoms with Crippen LogP contribution in [0.3, 0.4) is 0 Å². The van der Waals surface area contributed by atoms with E-state index in [4.69, 9.17) is 0 Å². The third-order valence-corrected chi connectivity index (χ3v) is 4.33. The molecule has 0 amide bonds. The van der Waals surface area contributed by atoms with E-state index in [1.165, 1.54) is 0 Å². The molecular weight excluding hydrogens is 248 g/mol. The average molecular weight is 266 g/mol. The molecule has 2 unspecified atom stereocenters. The van der Waals surface area contributed by atoms with Crippen LogP contribution < -0.4 is 5.32 Å². The van der Waals surface area contributed by atoms with E-state index >= 15 is 0 Å². The summed E-state index contributed by atoms with van der Waals surface area (Å²) < 4.78 is 13.0. The quantitative estimate of drug-likeness (QED) is 0.893. The number of hydrogen-bond acceptors (Lipinski definition) is 4. The molecule has 0 bridgehead atoms. The lowest BCUT2D eigenvalue weighted by Crippen LogP contribution is -2.15. The van der Waals surface area contributed by atoms with E-state index in [-0.39, 0.29) is 5.25 Å². The predicted octanol–water partition coefficient (Wildman–Crippen LogP) is 1.61. The molecule has 0 aliphatic heterocycles. The van der Waals surface area contributed by atoms with E-state index in [2.05, 4.69) is 15.4 Å². The molecule has 6 heteroatoms. The Labute approximate surface area is 109 Å². The summed E-state index contributed by atoms with van der Waals surface area (Å²) in [7, 11) is -0.773. The number of rotatable bonds is 5. The number of nitrogens with one attached hydrogen (secondary N) is 1. The fraction of sp³-hybridized carbons (Fsp3) is 0.500. The Balaban J connectivity index is 2.00. The Morgan fingerprint density at radius 3 is 3.00 bits per heavy atom. The van der Waals surface area contributed by atoms with Gasteiger partial charge in [0.25, 0.3) is 0 Å². The van der Waals surface area contributed by atoms with Crippen LogP contribution in [0.4, 0.5) is 5.95 Å². The SMILES string of the molecule is Cc1cccn2nc(NCCC(C)S(C)=O)nc12. The molecule has 2 aromatic heterocycles. The third-order valence-electron chi connectivity index (χ3n) is 2.96. The van der Waals surface area contributed by atoms with Gasteiger partial charge in [-0.2, -0.15) is 4.98 Å². The van der Waals surface area contributed by atoms with Crippen molar-refractivity contribution in [1.82, 2.24) is 14.6 Å². The lowest BCUT2D eigenvalue weighted by molar-refractivity contribution is 0.672. The number of pyridine rings is 1. The minimum Gasteiger partial charge on any atom is -0.353 e. The summed E-state index contributed by atoms with van der Waals surface area (Å²) in [5, 5.41) is 7.69. The summed E-state index contributed by atoms with van der Waals surface area (Å²) in [6, 6.07) is 3.96. The third kappa shape index (κ3) is 2.87. The first kappa shape index (κ1) is 13.0. The van der Waals surface area contributed by atoms with E-state index < -0.39 is 10.8 Å². The molecule has 18 heavy (non-hydrogen) atoms. The summed E-state index contributed by atoms with van der Waals surface area (Å²) in [5.74, 6) is 0.624. The number of hydrogen-bond donors (Lipinski definition) is 1. The normalized spacial score (nSPS) is 14.6. The van der Waals surface area contributed by atoms with Gasteiger partial charge < -0.3 is 5.32 Å². The number of aryl methyl sites for hydroxylation is 1. The highest BCUT2D eigenvalue weighted by molar-refractivity contribution is 7.84. The molecule has 2 atom stereocenters. The molecule has 2 heterocycles. The topological polar surface area (TPSA) is 59.3 Å². The van der Waals surface area contributed by atoms with Gasteiger partial charge in [0.2, 0.25) is 5.95 Å². The summed E-state index contributed by atoms with van der Waals surface area (Å²) in [4.78, 5) is 4.42. The number of anilines is 1. The summed E-state index contributed by atoms with van der Waals surface area (Å²) >= 11 is 0. The van der Waals surface area contributed by atoms with Crippen molar-refractivity contribution in [1.29, 1.82) is 0 Å². The molecule has 0 aromatic carbocycles. The van der Waals surface area contributed by atoms with Gasteiger partial charge in [-0.1, -0.05) is 13.0 Å². The van der Waals surface area contributed by atoms with Gasteiger partial charge in [-0.15, -0.1) is 5.10 Å². The Bertz CT molecular complexity index is 566. The maximum atomic E-state index is 11.2. The van der Waals surface area contributed by atoms with Crippen molar-refractivity contribution < 1.29 is 4.21 Å². The van der Waals surface area contributed by atoms with Gasteiger partial charge in [0.15, 0.2) is 5.65 Å². The largest absolute Gasteiger partial charge is 0.353 e. The zero-order chi connectivity index (χ0) is 13.1. The maximum absolute atomic E-state index is 11.2. The van der Waals surface area contributed by atoms with Crippen LogP contribution in [0.1, 0.15) is 18.9 Å². The van der Waals surface area contributed by atoms with E-state index in [0.29, 0.717) is 5.95 Å². The molecule has 2 aromatic rings. The molecule has 2 rings (SSSR count). The first-order chi connectivity index (χ1) is 8.58. The smallest absolute Gasteiger partial charge is 0.243 e. The molecule has 0 radical (unpaired) electrons. The van der Waals surface area contributed by atoms with Gasteiger partial charge in [0.05, 0.1) is 0 Å². The van der Waals surface area contributed by atoms with Gasteiger partial charge in [-0.05, 0) is 25.0 Å². The fourth-order valence-electron chi connectivity index (χ4n) is 1.67. The Morgan fingerprint density at radius 1 is 1.56 bits per heavy atom. The van der Waals surface area contributed by atoms with Crippen molar-refractivity contribution in [3.63, 3.8) is 0 Å². The van der Waals surface area contributed by atoms with Crippen molar-refractivity contribution in [3.8, 4) is 0 Å². The second-order valence-corrected chi connectivity index (χ2v) is 6.22. The van der Waals surface area contributed by atoms with Gasteiger partial charge >= 0.3 is 0 Å². The standard InChI is InChI=1S/C12H18N4OS/c1-9-5-4-8-16-11(9)14-12(15-16)13-7-6-10(2)18(3)17/h4-5,8,10H,6-7H2,1-3H3,(H,13,15). The van der Waals surface area contributed by atoms with Crippen LogP contribution in [-0.2, 0) is 10.8 Å². The van der Waals surface area contributed by atoms with Gasteiger partial charge in [-0.25, -0.2) is 4.52 Å². The highest BCUT2D eigenvalue weighted by Gasteiger charge is 2.07. The number of nitrogens with zero attached hydrogens (tertiary/aromatic N) is 3. The zero-order valence-corrected chi connectivity index (χ0v) is 11.7. The highest BCUT2D eigenvalue weighted by Crippen LogP contribution is 2.10. The molecular formula is C12H18N4OS. The zero-order valence-electron chi connectivity index (χ0n) is 10.9. The van der Waals surface area contributed by atoms with Crippen molar-refractivity contribution >= 4 is 22.4 Å². The molecule has 0 aliphatic carbocycles. The first-order valence-electron chi connectivity index (χ1n) is 5.96. The highest BCUT2D eigenvalue weighted by atomic mass is 32.2. The summed E-state index contributed by atoms with van der Waals surface area (Å²) in [6.45, 7) is 4.73. The summed E-state index contributed by atoms with van der Waals surface area (Å²) in [6.07, 6.45) is 4.46. The fourth-order valence-corrected chi connectivity index (χ4v) is 2.12. The monoisotopic (exact) mass is 266 g/mol. The van der Waals surface area contributed by atoms with Gasteiger partial charge in [0, 0.05) is 35.0 Å². The number of fused-ring (bicyclic) bond motifs is 1. The van der Waals surface area contributed by atoms with Crippen LogP contribution in [0, 0.1) is 6.92 Å². The van der Waals surface area contributed by atoms with E-state index in [0.717, 1.165) is 24.2 Å². The molecule has 0 aliphatic rings. The molecule has 1 N–H and O–H groups in total. The predicted molar refractivity (Wildman–Crippen MR) is 74.4 cm³/mol. The Kier molecular flexibility index (Phi) is 3.96. The maximum Gasteiger partial charge on any atom is 0.243 e. The van der Waals surface area contributed by atoms with Crippen molar-refractivity contribution in [3.05, 3.63) is 23.9 Å². The van der Waals surface area contributed by atoms with Crippen molar-refractivity contribution in [2.45, 2.75) is 25.5 Å². The van der Waals surface area contributed by atoms with Crippen LogP contribution >= 0.6 is 0 Å². The minimum atomic E-state index is -0.773. The second kappa shape index (κ2) is 5.48. The minimum absolute atomic E-state index is 0.191. The lowest BCUT2D eigenvalue weighted by atomic mass is 10.3. The molecule has 0 spiro atoms. The van der Waals surface area contributed by atoms with E-state index in [1.54, 1.807) is 10.8 Å². The van der Waals surface area contributed by atoms with Crippen molar-refractivity contribution in [2.24, 2.45) is 0 Å². The van der Waals surface area contributed by atoms with Crippen molar-refractivity contribution in [2.75, 3.05) is 18.1 Å². The van der Waals surface area contributed by atoms with Crippen LogP contribution in [0.15, 0.2) is 18.3 Å². The average Bonchev–Trinajstić information content (AvgIpc) is 2.73. The van der Waals surface area contributed by atoms with Crippen LogP contribution in [-0.4, -0.2) is 36.9 Å². The number of aromatic nitrogens is 3. The summed E-state index contributed by atoms with van der Waals surface area (Å²) in [5.41, 5.74) is 1.97. The lowest BCUT2D eigenvalue weighted by Gasteiger charge is -2.07. The Hall–Kier alpha value is -1.43. The Morgan fingerprint density at radius 2 is 2.33 bits per heavy atom. The van der Waals surface area contributed by atoms with Crippen LogP contribution in [0.25, 0.3) is 5.65 Å².